The summed E-state index contributed by atoms with van der Waals surface area (Å²) in [5.74, 6) is -1.88. The number of aromatic hydroxyl groups is 1. The van der Waals surface area contributed by atoms with Gasteiger partial charge in [0, 0.05) is 31.2 Å². The molecule has 2 amide bonds. The number of rotatable bonds is 7. The quantitative estimate of drug-likeness (QED) is 0.212. The average molecular weight is 602 g/mol. The maximum atomic E-state index is 12.3. The van der Waals surface area contributed by atoms with Crippen LogP contribution in [0.25, 0.3) is 0 Å². The summed E-state index contributed by atoms with van der Waals surface area (Å²) in [4.78, 5) is 36.6. The van der Waals surface area contributed by atoms with Gasteiger partial charge in [0.1, 0.15) is 5.75 Å². The smallest absolute Gasteiger partial charge is 0.337 e. The number of carbonyl (C=O) groups is 3. The van der Waals surface area contributed by atoms with Crippen LogP contribution in [0.4, 0.5) is 0 Å². The maximum absolute atomic E-state index is 12.3. The number of hydrazone groups is 2. The third-order valence-electron chi connectivity index (χ3n) is 4.50. The van der Waals surface area contributed by atoms with E-state index in [1.807, 2.05) is 0 Å². The number of carbonyl (C=O) groups excluding carboxylic acids is 3. The molecule has 0 unspecified atom stereocenters. The fourth-order valence-electron chi connectivity index (χ4n) is 2.82. The summed E-state index contributed by atoms with van der Waals surface area (Å²) < 4.78 is 6.21. The minimum atomic E-state index is -0.661. The number of phenols is 1. The van der Waals surface area contributed by atoms with E-state index in [1.54, 1.807) is 48.5 Å². The Labute approximate surface area is 217 Å². The first-order valence-electron chi connectivity index (χ1n) is 9.91. The molecule has 35 heavy (non-hydrogen) atoms. The molecule has 0 atom stereocenters. The zero-order chi connectivity index (χ0) is 25.4. The summed E-state index contributed by atoms with van der Waals surface area (Å²) in [6.07, 6.45) is 2.35. The molecular formula is C24H18Br2N4O5. The molecule has 3 rings (SSSR count). The van der Waals surface area contributed by atoms with Crippen LogP contribution in [0.15, 0.2) is 79.8 Å². The molecule has 0 aliphatic rings. The first-order valence-corrected chi connectivity index (χ1v) is 11.5. The molecule has 3 N–H and O–H groups in total. The van der Waals surface area contributed by atoms with Crippen molar-refractivity contribution in [2.75, 3.05) is 7.11 Å². The average Bonchev–Trinajstić information content (AvgIpc) is 2.85. The molecule has 3 aromatic carbocycles. The van der Waals surface area contributed by atoms with Crippen LogP contribution in [0.5, 0.6) is 5.75 Å². The predicted molar refractivity (Wildman–Crippen MR) is 138 cm³/mol. The molecule has 11 heteroatoms. The van der Waals surface area contributed by atoms with Crippen molar-refractivity contribution in [3.63, 3.8) is 0 Å². The number of esters is 1. The monoisotopic (exact) mass is 600 g/mol. The van der Waals surface area contributed by atoms with E-state index in [4.69, 9.17) is 4.74 Å². The fourth-order valence-corrected chi connectivity index (χ4v) is 3.62. The fraction of sp³-hybridized carbons (Fsp3) is 0.0417. The lowest BCUT2D eigenvalue weighted by Gasteiger charge is -2.07. The van der Waals surface area contributed by atoms with Crippen molar-refractivity contribution < 1.29 is 24.2 Å². The Morgan fingerprint density at radius 1 is 0.800 bits per heavy atom. The Balaban J connectivity index is 1.81. The normalized spacial score (nSPS) is 10.9. The lowest BCUT2D eigenvalue weighted by Crippen LogP contribution is -2.18. The molecule has 0 saturated carbocycles. The highest BCUT2D eigenvalue weighted by atomic mass is 79.9. The minimum Gasteiger partial charge on any atom is -0.507 e. The van der Waals surface area contributed by atoms with Crippen LogP contribution in [-0.4, -0.2) is 42.4 Å². The second-order valence-corrected chi connectivity index (χ2v) is 8.75. The summed E-state index contributed by atoms with van der Waals surface area (Å²) in [6.45, 7) is 0. The van der Waals surface area contributed by atoms with Crippen molar-refractivity contribution in [1.82, 2.24) is 10.9 Å². The Morgan fingerprint density at radius 3 is 1.66 bits per heavy atom. The van der Waals surface area contributed by atoms with Gasteiger partial charge in [-0.25, -0.2) is 15.6 Å². The van der Waals surface area contributed by atoms with Gasteiger partial charge in [0.2, 0.25) is 0 Å². The lowest BCUT2D eigenvalue weighted by atomic mass is 10.0. The van der Waals surface area contributed by atoms with E-state index in [1.165, 1.54) is 31.7 Å². The van der Waals surface area contributed by atoms with E-state index in [-0.39, 0.29) is 22.4 Å². The predicted octanol–water partition coefficient (Wildman–Crippen LogP) is 4.23. The maximum Gasteiger partial charge on any atom is 0.337 e. The molecule has 9 nitrogen and oxygen atoms in total. The third-order valence-corrected chi connectivity index (χ3v) is 5.49. The van der Waals surface area contributed by atoms with Crippen molar-refractivity contribution in [2.45, 2.75) is 0 Å². The van der Waals surface area contributed by atoms with Gasteiger partial charge >= 0.3 is 5.97 Å². The number of methoxy groups -OCH3 is 1. The number of hydrogen-bond acceptors (Lipinski definition) is 7. The van der Waals surface area contributed by atoms with E-state index in [2.05, 4.69) is 52.9 Å². The minimum absolute atomic E-state index is 0.102. The Kier molecular flexibility index (Phi) is 8.87. The summed E-state index contributed by atoms with van der Waals surface area (Å²) in [7, 11) is 1.22. The van der Waals surface area contributed by atoms with E-state index in [0.29, 0.717) is 11.1 Å². The highest BCUT2D eigenvalue weighted by Gasteiger charge is 2.14. The van der Waals surface area contributed by atoms with Crippen molar-refractivity contribution in [2.24, 2.45) is 10.2 Å². The lowest BCUT2D eigenvalue weighted by molar-refractivity contribution is 0.0600. The first kappa shape index (κ1) is 25.8. The number of hydrogen-bond donors (Lipinski definition) is 3. The molecule has 0 bridgehead atoms. The number of halogens is 2. The molecule has 0 aliphatic carbocycles. The largest absolute Gasteiger partial charge is 0.507 e. The van der Waals surface area contributed by atoms with E-state index < -0.39 is 17.8 Å². The van der Waals surface area contributed by atoms with Crippen LogP contribution in [-0.2, 0) is 4.74 Å². The van der Waals surface area contributed by atoms with Crippen LogP contribution in [0.2, 0.25) is 0 Å². The Morgan fingerprint density at radius 2 is 1.26 bits per heavy atom. The van der Waals surface area contributed by atoms with Crippen molar-refractivity contribution >= 4 is 62.1 Å². The van der Waals surface area contributed by atoms with Gasteiger partial charge in [-0.1, -0.05) is 44.0 Å². The Hall–Kier alpha value is -3.83. The van der Waals surface area contributed by atoms with Gasteiger partial charge in [-0.3, -0.25) is 9.59 Å². The van der Waals surface area contributed by atoms with Gasteiger partial charge in [0.05, 0.1) is 25.1 Å². The second-order valence-electron chi connectivity index (χ2n) is 6.91. The molecule has 0 radical (unpaired) electrons. The summed E-state index contributed by atoms with van der Waals surface area (Å²) in [6, 6.07) is 16.1. The molecule has 178 valence electrons. The molecule has 0 heterocycles. The van der Waals surface area contributed by atoms with Gasteiger partial charge < -0.3 is 9.84 Å². The van der Waals surface area contributed by atoms with Crippen molar-refractivity contribution in [1.29, 1.82) is 0 Å². The molecular weight excluding hydrogens is 584 g/mol. The number of ether oxygens (including phenoxy) is 1. The van der Waals surface area contributed by atoms with Gasteiger partial charge in [-0.2, -0.15) is 10.2 Å². The van der Waals surface area contributed by atoms with Crippen molar-refractivity contribution in [3.05, 3.63) is 97.4 Å². The number of nitrogens with one attached hydrogen (secondary N) is 2. The Bertz CT molecular complexity index is 1250. The second kappa shape index (κ2) is 12.0. The summed E-state index contributed by atoms with van der Waals surface area (Å²) in [5, 5.41) is 18.4. The zero-order valence-electron chi connectivity index (χ0n) is 18.2. The molecule has 0 fully saturated rings. The van der Waals surface area contributed by atoms with E-state index >= 15 is 0 Å². The van der Waals surface area contributed by atoms with Gasteiger partial charge in [-0.15, -0.1) is 0 Å². The highest BCUT2D eigenvalue weighted by Crippen LogP contribution is 2.23. The molecule has 0 saturated heterocycles. The third kappa shape index (κ3) is 7.08. The van der Waals surface area contributed by atoms with Crippen LogP contribution in [0.1, 0.15) is 42.2 Å². The number of nitrogens with zero attached hydrogens (tertiary/aromatic N) is 2. The standard InChI is InChI=1S/C24H18Br2N4O5/c1-35-24(34)16-8-17(12-27-29-22(32)14-4-2-6-19(25)10-14)21(31)18(9-16)13-28-30-23(33)15-5-3-7-20(26)11-15/h2-13,31H,1H3,(H,29,32)(H,30,33)/b27-12+,28-13+. The van der Waals surface area contributed by atoms with Crippen LogP contribution >= 0.6 is 31.9 Å². The first-order chi connectivity index (χ1) is 16.8. The van der Waals surface area contributed by atoms with Crippen molar-refractivity contribution in [3.8, 4) is 5.75 Å². The van der Waals surface area contributed by atoms with Gasteiger partial charge in [0.25, 0.3) is 11.8 Å². The summed E-state index contributed by atoms with van der Waals surface area (Å²) in [5.41, 5.74) is 5.78. The molecule has 0 aliphatic heterocycles. The summed E-state index contributed by atoms with van der Waals surface area (Å²) >= 11 is 6.58. The molecule has 0 aromatic heterocycles. The molecule has 0 spiro atoms. The number of benzene rings is 3. The zero-order valence-corrected chi connectivity index (χ0v) is 21.3. The van der Waals surface area contributed by atoms with E-state index in [9.17, 15) is 19.5 Å². The topological polar surface area (TPSA) is 129 Å². The van der Waals surface area contributed by atoms with E-state index in [0.717, 1.165) is 8.95 Å². The number of phenolic OH excluding ortho intramolecular Hbond substituents is 1. The van der Waals surface area contributed by atoms with Gasteiger partial charge in [0.15, 0.2) is 0 Å². The van der Waals surface area contributed by atoms with Crippen LogP contribution in [0.3, 0.4) is 0 Å². The highest BCUT2D eigenvalue weighted by molar-refractivity contribution is 9.10. The van der Waals surface area contributed by atoms with Crippen LogP contribution in [0, 0.1) is 0 Å². The SMILES string of the molecule is COC(=O)c1cc(/C=N/NC(=O)c2cccc(Br)c2)c(O)c(/C=N/NC(=O)c2cccc(Br)c2)c1. The van der Waals surface area contributed by atoms with Crippen LogP contribution < -0.4 is 10.9 Å². The molecule has 3 aromatic rings. The number of amides is 2. The van der Waals surface area contributed by atoms with Gasteiger partial charge in [-0.05, 0) is 48.5 Å².